The third-order valence-electron chi connectivity index (χ3n) is 15.1. The molecule has 0 aliphatic carbocycles. The highest BCUT2D eigenvalue weighted by Crippen LogP contribution is 2.39. The molecule has 0 bridgehead atoms. The number of hydrogen-bond donors (Lipinski definition) is 0. The summed E-state index contributed by atoms with van der Waals surface area (Å²) in [6, 6.07) is 83.6. The largest absolute Gasteiger partial charge is 0.458 e. The molecule has 5 nitrogen and oxygen atoms in total. The Hall–Kier alpha value is -8.58. The molecule has 0 saturated heterocycles. The van der Waals surface area contributed by atoms with Crippen LogP contribution in [0.5, 0.6) is 11.5 Å². The van der Waals surface area contributed by atoms with Crippen LogP contribution in [0.4, 0.5) is 0 Å². The monoisotopic (exact) mass is 988 g/mol. The van der Waals surface area contributed by atoms with Gasteiger partial charge in [0.25, 0.3) is 6.33 Å². The number of para-hydroxylation sites is 4. The molecule has 0 saturated carbocycles. The third-order valence-corrected chi connectivity index (χ3v) is 19.6. The first-order chi connectivity index (χ1) is 36.3. The summed E-state index contributed by atoms with van der Waals surface area (Å²) in [6.45, 7) is 16.1. The van der Waals surface area contributed by atoms with Crippen LogP contribution in [0.25, 0.3) is 72.3 Å². The Morgan fingerprint density at radius 1 is 0.467 bits per heavy atom. The van der Waals surface area contributed by atoms with E-state index in [9.17, 15) is 0 Å². The van der Waals surface area contributed by atoms with E-state index in [1.165, 1.54) is 32.1 Å². The first kappa shape index (κ1) is 47.4. The minimum Gasteiger partial charge on any atom is -0.458 e. The predicted octanol–water partition coefficient (Wildman–Crippen LogP) is 15.0. The van der Waals surface area contributed by atoms with E-state index in [1.54, 1.807) is 0 Å². The second-order valence-corrected chi connectivity index (χ2v) is 26.0. The van der Waals surface area contributed by atoms with Gasteiger partial charge in [-0.1, -0.05) is 224 Å². The molecule has 12 rings (SSSR count). The van der Waals surface area contributed by atoms with Gasteiger partial charge in [-0.25, -0.2) is 4.98 Å². The molecule has 6 heteroatoms. The van der Waals surface area contributed by atoms with Crippen molar-refractivity contribution < 1.29 is 9.30 Å². The zero-order valence-electron chi connectivity index (χ0n) is 43.7. The molecule has 0 radical (unpaired) electrons. The molecule has 0 fully saturated rings. The van der Waals surface area contributed by atoms with Crippen molar-refractivity contribution in [2.24, 2.45) is 0 Å². The number of imidazole rings is 1. The summed E-state index contributed by atoms with van der Waals surface area (Å²) in [6.07, 6.45) is 5.85. The van der Waals surface area contributed by atoms with Crippen LogP contribution in [0.1, 0.15) is 52.7 Å². The van der Waals surface area contributed by atoms with Crippen LogP contribution in [0.3, 0.4) is 0 Å². The molecule has 9 aromatic carbocycles. The lowest BCUT2D eigenvalue weighted by molar-refractivity contribution is -0.571. The topological polar surface area (TPSA) is 35.9 Å². The van der Waals surface area contributed by atoms with Crippen molar-refractivity contribution in [3.05, 3.63) is 254 Å². The van der Waals surface area contributed by atoms with E-state index in [2.05, 4.69) is 293 Å². The van der Waals surface area contributed by atoms with Gasteiger partial charge in [0.15, 0.2) is 0 Å². The van der Waals surface area contributed by atoms with Crippen molar-refractivity contribution >= 4 is 56.5 Å². The normalized spacial score (nSPS) is 12.2. The van der Waals surface area contributed by atoms with Gasteiger partial charge in [0.1, 0.15) is 25.4 Å². The highest BCUT2D eigenvalue weighted by atomic mass is 28.3. The quantitative estimate of drug-likeness (QED) is 0.0592. The van der Waals surface area contributed by atoms with Crippen LogP contribution in [0.2, 0.25) is 6.55 Å². The van der Waals surface area contributed by atoms with Crippen LogP contribution < -0.4 is 24.9 Å². The van der Waals surface area contributed by atoms with E-state index < -0.39 is 8.07 Å². The Kier molecular flexibility index (Phi) is 11.8. The van der Waals surface area contributed by atoms with Gasteiger partial charge in [-0.3, -0.25) is 13.7 Å². The lowest BCUT2D eigenvalue weighted by Gasteiger charge is -2.30. The zero-order valence-corrected chi connectivity index (χ0v) is 44.7. The highest BCUT2D eigenvalue weighted by Gasteiger charge is 2.34. The van der Waals surface area contributed by atoms with Gasteiger partial charge in [-0.05, 0) is 108 Å². The first-order valence-electron chi connectivity index (χ1n) is 26.0. The van der Waals surface area contributed by atoms with Crippen molar-refractivity contribution in [2.75, 3.05) is 0 Å². The number of fused-ring (bicyclic) bond motifs is 4. The van der Waals surface area contributed by atoms with Crippen LogP contribution in [-0.2, 0) is 10.8 Å². The maximum Gasteiger partial charge on any atom is 0.269 e. The molecule has 0 amide bonds. The molecule has 0 spiro atoms. The minimum atomic E-state index is -2.45. The molecular weight excluding hydrogens is 929 g/mol. The van der Waals surface area contributed by atoms with Crippen molar-refractivity contribution in [1.82, 2.24) is 14.1 Å². The van der Waals surface area contributed by atoms with E-state index in [0.29, 0.717) is 0 Å². The summed E-state index contributed by atoms with van der Waals surface area (Å²) in [4.78, 5) is 4.91. The van der Waals surface area contributed by atoms with Crippen LogP contribution in [0, 0.1) is 6.33 Å². The molecule has 75 heavy (non-hydrogen) atoms. The average Bonchev–Trinajstić information content (AvgIpc) is 4.00. The molecule has 3 heterocycles. The summed E-state index contributed by atoms with van der Waals surface area (Å²) >= 11 is 0. The Morgan fingerprint density at radius 3 is 1.76 bits per heavy atom. The van der Waals surface area contributed by atoms with Crippen molar-refractivity contribution in [3.8, 4) is 50.9 Å². The summed E-state index contributed by atoms with van der Waals surface area (Å²) in [5.74, 6) is 2.35. The number of rotatable bonds is 10. The van der Waals surface area contributed by atoms with Gasteiger partial charge in [0, 0.05) is 23.0 Å². The Labute approximate surface area is 441 Å². The standard InChI is InChI=1S/C69H60N4OSi/c1-68(2,3)50-24-18-22-48(42-50)58-33-21-34-59(49-23-19-31-57(43-49)75(7,55-27-10-8-11-28-55)56-29-12-9-13-30-56)67(58)72-47-71(63-36-16-17-37-64(63)72)52-25-20-26-53(45-52)74-54-38-39-61-60-32-14-15-35-62(60)73(65(61)46-54)66-44-51(40-41-70-66)69(4,5)6/h8-46H,1-7H3. The molecule has 0 N–H and O–H groups in total. The Morgan fingerprint density at radius 2 is 1.04 bits per heavy atom. The van der Waals surface area contributed by atoms with Crippen molar-refractivity contribution in [1.29, 1.82) is 0 Å². The van der Waals surface area contributed by atoms with Gasteiger partial charge >= 0.3 is 0 Å². The fraction of sp³-hybridized carbons (Fsp3) is 0.130. The molecule has 12 aromatic rings. The first-order valence-corrected chi connectivity index (χ1v) is 28.5. The minimum absolute atomic E-state index is 0.0253. The maximum absolute atomic E-state index is 6.85. The van der Waals surface area contributed by atoms with E-state index in [0.717, 1.165) is 78.4 Å². The second kappa shape index (κ2) is 18.7. The molecule has 366 valence electrons. The van der Waals surface area contributed by atoms with Crippen molar-refractivity contribution in [3.63, 3.8) is 0 Å². The fourth-order valence-electron chi connectivity index (χ4n) is 11.0. The summed E-state index contributed by atoms with van der Waals surface area (Å²) in [7, 11) is -2.45. The Bertz CT molecular complexity index is 4040. The molecule has 0 aliphatic heterocycles. The van der Waals surface area contributed by atoms with Gasteiger partial charge < -0.3 is 4.74 Å². The van der Waals surface area contributed by atoms with Gasteiger partial charge in [0.2, 0.25) is 0 Å². The zero-order chi connectivity index (χ0) is 51.5. The van der Waals surface area contributed by atoms with E-state index in [-0.39, 0.29) is 10.8 Å². The molecule has 3 aromatic heterocycles. The third kappa shape index (κ3) is 8.65. The smallest absolute Gasteiger partial charge is 0.269 e. The average molecular weight is 989 g/mol. The molecule has 0 aliphatic rings. The van der Waals surface area contributed by atoms with Crippen LogP contribution in [0.15, 0.2) is 237 Å². The number of ether oxygens (including phenoxy) is 1. The lowest BCUT2D eigenvalue weighted by Crippen LogP contribution is -2.64. The summed E-state index contributed by atoms with van der Waals surface area (Å²) in [5.41, 5.74) is 13.2. The van der Waals surface area contributed by atoms with E-state index in [4.69, 9.17) is 9.72 Å². The second-order valence-electron chi connectivity index (χ2n) is 22.0. The Balaban J connectivity index is 0.999. The SMILES string of the molecule is CC(C)(C)c1cccc(-c2cccc(-c3cccc([Si](C)(c4ccccc4)c4ccccc4)c3)c2-[n+]2[c-]n(-c3cccc(Oc4ccc5c6ccccc6n(-c6cc(C(C)(C)C)ccn6)c5c4)c3)c3ccccc32)c1. The number of hydrogen-bond acceptors (Lipinski definition) is 2. The lowest BCUT2D eigenvalue weighted by atomic mass is 9.85. The van der Waals surface area contributed by atoms with Gasteiger partial charge in [-0.2, -0.15) is 0 Å². The summed E-state index contributed by atoms with van der Waals surface area (Å²) < 4.78 is 13.6. The maximum atomic E-state index is 6.85. The van der Waals surface area contributed by atoms with E-state index >= 15 is 0 Å². The summed E-state index contributed by atoms with van der Waals surface area (Å²) in [5, 5.41) is 6.42. The number of benzene rings is 9. The van der Waals surface area contributed by atoms with Crippen LogP contribution >= 0.6 is 0 Å². The molecule has 0 atom stereocenters. The number of nitrogens with zero attached hydrogens (tertiary/aromatic N) is 4. The van der Waals surface area contributed by atoms with Gasteiger partial charge in [-0.15, -0.1) is 0 Å². The molecular formula is C69H60N4OSi. The van der Waals surface area contributed by atoms with Crippen LogP contribution in [-0.4, -0.2) is 22.2 Å². The number of pyridine rings is 1. The van der Waals surface area contributed by atoms with Crippen molar-refractivity contribution in [2.45, 2.75) is 58.9 Å². The highest BCUT2D eigenvalue weighted by molar-refractivity contribution is 7.10. The molecule has 0 unspecified atom stereocenters. The fourth-order valence-corrected chi connectivity index (χ4v) is 14.5. The number of aromatic nitrogens is 4. The van der Waals surface area contributed by atoms with E-state index in [1.807, 2.05) is 12.3 Å². The van der Waals surface area contributed by atoms with Gasteiger partial charge in [0.05, 0.1) is 33.4 Å². The predicted molar refractivity (Wildman–Crippen MR) is 314 cm³/mol.